The molecule has 5 heavy (non-hydrogen) atoms. The van der Waals surface area contributed by atoms with Gasteiger partial charge < -0.3 is 4.74 Å². The van der Waals surface area contributed by atoms with Crippen LogP contribution in [0.3, 0.4) is 0 Å². The quantitative estimate of drug-likeness (QED) is 0.448. The third-order valence-electron chi connectivity index (χ3n) is 0.691. The highest BCUT2D eigenvalue weighted by Crippen LogP contribution is 2.21. The van der Waals surface area contributed by atoms with Gasteiger partial charge in [-0.2, -0.15) is 0 Å². The van der Waals surface area contributed by atoms with Crippen molar-refractivity contribution in [3.8, 4) is 0 Å². The molecule has 0 aromatic rings. The van der Waals surface area contributed by atoms with E-state index in [4.69, 9.17) is 4.11 Å². The lowest BCUT2D eigenvalue weighted by Gasteiger charge is -1.80. The Morgan fingerprint density at radius 1 is 2.00 bits per heavy atom. The molecule has 0 aromatic heterocycles. The highest BCUT2D eigenvalue weighted by atomic mass is 16.5. The summed E-state index contributed by atoms with van der Waals surface area (Å²) in [6, 6.07) is 0. The van der Waals surface area contributed by atoms with Gasteiger partial charge in [0.25, 0.3) is 0 Å². The molecule has 0 radical (unpaired) electrons. The molecule has 0 spiro atoms. The van der Waals surface area contributed by atoms with E-state index < -0.39 is 7.04 Å². The molecule has 30 valence electrons. The summed E-state index contributed by atoms with van der Waals surface area (Å²) in [5, 5.41) is 0. The van der Waals surface area contributed by atoms with Crippen LogP contribution < -0.4 is 0 Å². The standard InChI is InChI=1S/C4H8O/c1-5-4-2-3-4/h4H,2-3H2,1H3/i1D3. The first kappa shape index (κ1) is 1.23. The van der Waals surface area contributed by atoms with Crippen LogP contribution in [0.2, 0.25) is 0 Å². The number of hydrogen-bond donors (Lipinski definition) is 0. The Kier molecular flexibility index (Phi) is 0.240. The summed E-state index contributed by atoms with van der Waals surface area (Å²) >= 11 is 0. The first-order valence-electron chi connectivity index (χ1n) is 3.26. The van der Waals surface area contributed by atoms with Crippen molar-refractivity contribution in [2.24, 2.45) is 0 Å². The third-order valence-corrected chi connectivity index (χ3v) is 0.691. The third kappa shape index (κ3) is 0.618. The zero-order chi connectivity index (χ0) is 6.20. The molecule has 0 heterocycles. The summed E-state index contributed by atoms with van der Waals surface area (Å²) in [7, 11) is -2.17. The fraction of sp³-hybridized carbons (Fsp3) is 1.00. The van der Waals surface area contributed by atoms with E-state index in [9.17, 15) is 0 Å². The van der Waals surface area contributed by atoms with E-state index in [-0.39, 0.29) is 6.10 Å². The molecule has 1 nitrogen and oxygen atoms in total. The summed E-state index contributed by atoms with van der Waals surface area (Å²) in [4.78, 5) is 0. The van der Waals surface area contributed by atoms with Gasteiger partial charge in [-0.15, -0.1) is 0 Å². The molecular weight excluding hydrogens is 64.0 g/mol. The number of methoxy groups -OCH3 is 1. The normalized spacial score (nSPS) is 34.8. The average Bonchev–Trinajstić information content (AvgIpc) is 2.12. The molecule has 1 aliphatic rings. The van der Waals surface area contributed by atoms with E-state index in [2.05, 4.69) is 4.74 Å². The molecule has 0 N–H and O–H groups in total. The molecule has 0 aliphatic heterocycles. The van der Waals surface area contributed by atoms with Gasteiger partial charge in [0, 0.05) is 7.04 Å². The van der Waals surface area contributed by atoms with Crippen LogP contribution in [-0.2, 0) is 4.74 Å². The second-order valence-electron chi connectivity index (χ2n) is 1.32. The molecular formula is C4H8O. The summed E-state index contributed by atoms with van der Waals surface area (Å²) in [6.07, 6.45) is 1.86. The monoisotopic (exact) mass is 75.1 g/mol. The van der Waals surface area contributed by atoms with Gasteiger partial charge in [-0.05, 0) is 12.8 Å². The van der Waals surface area contributed by atoms with Crippen LogP contribution in [0.25, 0.3) is 0 Å². The van der Waals surface area contributed by atoms with Gasteiger partial charge in [0.2, 0.25) is 0 Å². The molecule has 0 unspecified atom stereocenters. The Morgan fingerprint density at radius 3 is 3.00 bits per heavy atom. The molecule has 1 saturated carbocycles. The van der Waals surface area contributed by atoms with E-state index in [1.807, 2.05) is 0 Å². The molecule has 0 atom stereocenters. The smallest absolute Gasteiger partial charge is 0.0573 e. The second-order valence-corrected chi connectivity index (χ2v) is 1.32. The molecule has 1 fully saturated rings. The fourth-order valence-electron chi connectivity index (χ4n) is 0.186. The van der Waals surface area contributed by atoms with E-state index in [1.54, 1.807) is 0 Å². The summed E-state index contributed by atoms with van der Waals surface area (Å²) in [5.74, 6) is 0. The minimum Gasteiger partial charge on any atom is -0.381 e. The van der Waals surface area contributed by atoms with Crippen LogP contribution in [0.4, 0.5) is 0 Å². The number of hydrogen-bond acceptors (Lipinski definition) is 1. The molecule has 1 aliphatic carbocycles. The van der Waals surface area contributed by atoms with Crippen molar-refractivity contribution >= 4 is 0 Å². The largest absolute Gasteiger partial charge is 0.381 e. The highest BCUT2D eigenvalue weighted by molar-refractivity contribution is 4.71. The van der Waals surface area contributed by atoms with Crippen LogP contribution in [0, 0.1) is 0 Å². The maximum Gasteiger partial charge on any atom is 0.0573 e. The predicted octanol–water partition coefficient (Wildman–Crippen LogP) is 0.795. The molecule has 0 amide bonds. The summed E-state index contributed by atoms with van der Waals surface area (Å²) in [6.45, 7) is 0. The fourth-order valence-corrected chi connectivity index (χ4v) is 0.186. The van der Waals surface area contributed by atoms with Crippen LogP contribution in [-0.4, -0.2) is 13.1 Å². The Hall–Kier alpha value is -0.0400. The average molecular weight is 75.1 g/mol. The second kappa shape index (κ2) is 0.977. The van der Waals surface area contributed by atoms with Crippen molar-refractivity contribution < 1.29 is 8.85 Å². The van der Waals surface area contributed by atoms with Gasteiger partial charge in [0.05, 0.1) is 10.2 Å². The SMILES string of the molecule is [2H]C([2H])([2H])OC1CC1. The van der Waals surface area contributed by atoms with E-state index >= 15 is 0 Å². The lowest BCUT2D eigenvalue weighted by molar-refractivity contribution is 0.183. The molecule has 1 heteroatoms. The minimum atomic E-state index is -2.17. The van der Waals surface area contributed by atoms with Gasteiger partial charge in [0.15, 0.2) is 0 Å². The van der Waals surface area contributed by atoms with Crippen molar-refractivity contribution in [2.45, 2.75) is 18.9 Å². The molecule has 0 bridgehead atoms. The molecule has 0 saturated heterocycles. The Bertz CT molecular complexity index is 83.8. The van der Waals surface area contributed by atoms with Gasteiger partial charge in [0.1, 0.15) is 0 Å². The summed E-state index contributed by atoms with van der Waals surface area (Å²) < 4.78 is 24.4. The van der Waals surface area contributed by atoms with Crippen LogP contribution >= 0.6 is 0 Å². The van der Waals surface area contributed by atoms with Gasteiger partial charge in [-0.3, -0.25) is 0 Å². The van der Waals surface area contributed by atoms with Crippen LogP contribution in [0.5, 0.6) is 0 Å². The van der Waals surface area contributed by atoms with E-state index in [1.165, 1.54) is 0 Å². The number of ether oxygens (including phenoxy) is 1. The molecule has 0 aromatic carbocycles. The highest BCUT2D eigenvalue weighted by Gasteiger charge is 2.19. The van der Waals surface area contributed by atoms with Crippen molar-refractivity contribution in [3.05, 3.63) is 0 Å². The van der Waals surface area contributed by atoms with Gasteiger partial charge in [-0.25, -0.2) is 0 Å². The molecule has 1 rings (SSSR count). The van der Waals surface area contributed by atoms with Crippen molar-refractivity contribution in [2.75, 3.05) is 7.04 Å². The summed E-state index contributed by atoms with van der Waals surface area (Å²) in [5.41, 5.74) is 0. The minimum absolute atomic E-state index is 0.0301. The van der Waals surface area contributed by atoms with Crippen molar-refractivity contribution in [1.29, 1.82) is 0 Å². The maximum absolute atomic E-state index is 6.61. The zero-order valence-corrected chi connectivity index (χ0v) is 2.90. The topological polar surface area (TPSA) is 9.23 Å². The van der Waals surface area contributed by atoms with Crippen molar-refractivity contribution in [1.82, 2.24) is 0 Å². The van der Waals surface area contributed by atoms with Gasteiger partial charge >= 0.3 is 0 Å². The first-order valence-corrected chi connectivity index (χ1v) is 1.76. The van der Waals surface area contributed by atoms with E-state index in [0.29, 0.717) is 0 Å². The maximum atomic E-state index is 6.61. The zero-order valence-electron chi connectivity index (χ0n) is 5.90. The Morgan fingerprint density at radius 2 is 2.80 bits per heavy atom. The Labute approximate surface area is 36.2 Å². The number of rotatable bonds is 1. The van der Waals surface area contributed by atoms with Crippen molar-refractivity contribution in [3.63, 3.8) is 0 Å². The Balaban J connectivity index is 2.16. The van der Waals surface area contributed by atoms with Crippen LogP contribution in [0.15, 0.2) is 0 Å². The predicted molar refractivity (Wildman–Crippen MR) is 20.0 cm³/mol. The lowest BCUT2D eigenvalue weighted by atomic mass is 10.9. The van der Waals surface area contributed by atoms with E-state index in [0.717, 1.165) is 12.8 Å². The van der Waals surface area contributed by atoms with Gasteiger partial charge in [-0.1, -0.05) is 0 Å². The first-order chi connectivity index (χ1) is 3.58. The van der Waals surface area contributed by atoms with Crippen LogP contribution in [0.1, 0.15) is 17.0 Å². The lowest BCUT2D eigenvalue weighted by Crippen LogP contribution is -1.79.